The van der Waals surface area contributed by atoms with Crippen LogP contribution in [0.5, 0.6) is 0 Å². The molecule has 0 saturated carbocycles. The zero-order valence-corrected chi connectivity index (χ0v) is 14.2. The van der Waals surface area contributed by atoms with E-state index < -0.39 is 17.9 Å². The van der Waals surface area contributed by atoms with E-state index in [0.717, 1.165) is 20.8 Å². The van der Waals surface area contributed by atoms with Crippen molar-refractivity contribution in [2.75, 3.05) is 0 Å². The number of benzene rings is 1. The summed E-state index contributed by atoms with van der Waals surface area (Å²) < 4.78 is 0. The maximum absolute atomic E-state index is 8.89. The van der Waals surface area contributed by atoms with Crippen molar-refractivity contribution in [1.29, 1.82) is 0 Å². The summed E-state index contributed by atoms with van der Waals surface area (Å²) in [5.74, 6) is -3.25. The molecule has 0 aliphatic heterocycles. The van der Waals surface area contributed by atoms with Crippen LogP contribution in [0.1, 0.15) is 20.8 Å². The van der Waals surface area contributed by atoms with Crippen molar-refractivity contribution in [2.45, 2.75) is 20.8 Å². The van der Waals surface area contributed by atoms with Crippen LogP contribution in [-0.2, 0) is 33.9 Å². The summed E-state index contributed by atoms with van der Waals surface area (Å²) in [7, 11) is 2.63. The van der Waals surface area contributed by atoms with E-state index in [4.69, 9.17) is 29.7 Å². The average Bonchev–Trinajstić information content (AvgIpc) is 2.15. The van der Waals surface area contributed by atoms with Gasteiger partial charge >= 0.3 is 19.5 Å². The number of hydrogen-bond donors (Lipinski definition) is 0. The molecular formula is C12H16O6PRu. The molecule has 1 atom stereocenters. The van der Waals surface area contributed by atoms with Gasteiger partial charge in [0.2, 0.25) is 0 Å². The second kappa shape index (κ2) is 20.0. The number of carboxylic acid groups (broad SMARTS) is 3. The summed E-state index contributed by atoms with van der Waals surface area (Å²) in [5, 5.41) is 27.9. The molecule has 0 spiro atoms. The van der Waals surface area contributed by atoms with Crippen LogP contribution in [0.2, 0.25) is 0 Å². The maximum Gasteiger partial charge on any atom is 3.00 e. The molecule has 1 aromatic rings. The minimum absolute atomic E-state index is 0. The topological polar surface area (TPSA) is 120 Å². The van der Waals surface area contributed by atoms with Crippen molar-refractivity contribution in [1.82, 2.24) is 0 Å². The largest absolute Gasteiger partial charge is 3.00 e. The molecule has 1 unspecified atom stereocenters. The molecule has 0 fully saturated rings. The van der Waals surface area contributed by atoms with E-state index in [0.29, 0.717) is 0 Å². The second-order valence-electron chi connectivity index (χ2n) is 2.89. The predicted molar refractivity (Wildman–Crippen MR) is 67.8 cm³/mol. The standard InChI is InChI=1S/C6H7P.3C2H4O2.Ru/c7-6-4-2-1-3-5-6;3*1-2(3)4;/h1-5H,7H2;3*1H3,(H,3,4);/q;;;;+3/p-3. The Morgan fingerprint density at radius 3 is 1.10 bits per heavy atom. The number of hydrogen-bond acceptors (Lipinski definition) is 6. The first-order chi connectivity index (χ1) is 8.59. The summed E-state index contributed by atoms with van der Waals surface area (Å²) >= 11 is 0. The molecule has 0 aromatic heterocycles. The van der Waals surface area contributed by atoms with Crippen LogP contribution in [0.4, 0.5) is 0 Å². The molecule has 20 heavy (non-hydrogen) atoms. The van der Waals surface area contributed by atoms with Gasteiger partial charge < -0.3 is 29.7 Å². The van der Waals surface area contributed by atoms with Crippen molar-refractivity contribution in [3.8, 4) is 0 Å². The Morgan fingerprint density at radius 2 is 1.00 bits per heavy atom. The fourth-order valence-electron chi connectivity index (χ4n) is 0.453. The molecule has 1 rings (SSSR count). The quantitative estimate of drug-likeness (QED) is 0.357. The normalized spacial score (nSPS) is 6.80. The number of carbonyl (C=O) groups excluding carboxylic acids is 3. The summed E-state index contributed by atoms with van der Waals surface area (Å²) in [6.07, 6.45) is 0. The van der Waals surface area contributed by atoms with Gasteiger partial charge in [0.15, 0.2) is 0 Å². The molecule has 6 nitrogen and oxygen atoms in total. The summed E-state index contributed by atoms with van der Waals surface area (Å²) in [4.78, 5) is 26.7. The summed E-state index contributed by atoms with van der Waals surface area (Å²) in [6.45, 7) is 2.92. The summed E-state index contributed by atoms with van der Waals surface area (Å²) in [6, 6.07) is 10.1. The number of carbonyl (C=O) groups is 3. The molecule has 0 amide bonds. The fraction of sp³-hybridized carbons (Fsp3) is 0.250. The minimum Gasteiger partial charge on any atom is -0.550 e. The Labute approximate surface area is 133 Å². The zero-order valence-electron chi connectivity index (χ0n) is 11.3. The van der Waals surface area contributed by atoms with Crippen molar-refractivity contribution >= 4 is 32.5 Å². The Morgan fingerprint density at radius 1 is 0.800 bits per heavy atom. The van der Waals surface area contributed by atoms with Crippen LogP contribution in [0.15, 0.2) is 30.3 Å². The van der Waals surface area contributed by atoms with E-state index in [9.17, 15) is 0 Å². The molecule has 0 bridgehead atoms. The van der Waals surface area contributed by atoms with E-state index in [1.54, 1.807) is 0 Å². The first kappa shape index (κ1) is 27.1. The molecule has 1 radical (unpaired) electrons. The van der Waals surface area contributed by atoms with Gasteiger partial charge in [-0.15, -0.1) is 9.24 Å². The third-order valence-corrected chi connectivity index (χ3v) is 1.18. The average molecular weight is 388 g/mol. The Bertz CT molecular complexity index is 329. The van der Waals surface area contributed by atoms with E-state index in [-0.39, 0.29) is 19.5 Å². The fourth-order valence-corrected chi connectivity index (χ4v) is 0.675. The molecule has 0 N–H and O–H groups in total. The van der Waals surface area contributed by atoms with Crippen LogP contribution in [0.25, 0.3) is 0 Å². The summed E-state index contributed by atoms with van der Waals surface area (Å²) in [5.41, 5.74) is 0. The molecule has 113 valence electrons. The Balaban J connectivity index is -0.0000000881. The van der Waals surface area contributed by atoms with Crippen molar-refractivity contribution in [3.63, 3.8) is 0 Å². The molecule has 0 aliphatic rings. The van der Waals surface area contributed by atoms with E-state index in [2.05, 4.69) is 9.24 Å². The van der Waals surface area contributed by atoms with Crippen LogP contribution >= 0.6 is 9.24 Å². The molecule has 1 aromatic carbocycles. The maximum atomic E-state index is 8.89. The van der Waals surface area contributed by atoms with Crippen LogP contribution in [0, 0.1) is 0 Å². The smallest absolute Gasteiger partial charge is 0.550 e. The van der Waals surface area contributed by atoms with Gasteiger partial charge in [-0.2, -0.15) is 0 Å². The van der Waals surface area contributed by atoms with Gasteiger partial charge in [-0.3, -0.25) is 0 Å². The molecule has 0 aliphatic carbocycles. The van der Waals surface area contributed by atoms with E-state index in [1.807, 2.05) is 30.3 Å². The predicted octanol–water partition coefficient (Wildman–Crippen LogP) is -2.55. The monoisotopic (exact) mass is 389 g/mol. The number of rotatable bonds is 0. The SMILES string of the molecule is CC(=O)[O-].CC(=O)[O-].CC(=O)[O-].Pc1ccccc1.[Ru+3]. The van der Waals surface area contributed by atoms with Crippen LogP contribution < -0.4 is 20.6 Å². The molecule has 0 saturated heterocycles. The number of carboxylic acids is 3. The first-order valence-corrected chi connectivity index (χ1v) is 5.50. The second-order valence-corrected chi connectivity index (χ2v) is 3.55. The zero-order chi connectivity index (χ0) is 15.8. The molecule has 0 heterocycles. The van der Waals surface area contributed by atoms with Gasteiger partial charge in [0.05, 0.1) is 0 Å². The number of aliphatic carboxylic acids is 3. The van der Waals surface area contributed by atoms with Gasteiger partial charge in [-0.1, -0.05) is 30.3 Å². The van der Waals surface area contributed by atoms with Gasteiger partial charge in [0, 0.05) is 17.9 Å². The van der Waals surface area contributed by atoms with E-state index >= 15 is 0 Å². The van der Waals surface area contributed by atoms with Gasteiger partial charge in [-0.25, -0.2) is 0 Å². The third-order valence-electron chi connectivity index (χ3n) is 0.800. The van der Waals surface area contributed by atoms with Gasteiger partial charge in [0.25, 0.3) is 0 Å². The van der Waals surface area contributed by atoms with Crippen molar-refractivity contribution in [2.24, 2.45) is 0 Å². The van der Waals surface area contributed by atoms with Gasteiger partial charge in [0.1, 0.15) is 0 Å². The van der Waals surface area contributed by atoms with Crippen LogP contribution in [-0.4, -0.2) is 17.9 Å². The first-order valence-electron chi connectivity index (χ1n) is 4.92. The van der Waals surface area contributed by atoms with Gasteiger partial charge in [-0.05, 0) is 26.1 Å². The molecular weight excluding hydrogens is 372 g/mol. The minimum atomic E-state index is -1.08. The Kier molecular flexibility index (Phi) is 27.1. The van der Waals surface area contributed by atoms with Crippen molar-refractivity contribution in [3.05, 3.63) is 30.3 Å². The Hall–Kier alpha value is -1.32. The third kappa shape index (κ3) is 91.9. The van der Waals surface area contributed by atoms with Crippen LogP contribution in [0.3, 0.4) is 0 Å². The van der Waals surface area contributed by atoms with Crippen molar-refractivity contribution < 1.29 is 49.2 Å². The van der Waals surface area contributed by atoms with E-state index in [1.165, 1.54) is 5.30 Å². The molecule has 8 heteroatoms.